The Balaban J connectivity index is 2.38. The van der Waals surface area contributed by atoms with E-state index in [0.717, 1.165) is 23.2 Å². The molecule has 1 N–H and O–H groups in total. The largest absolute Gasteiger partial charge is 0.478 e. The van der Waals surface area contributed by atoms with Crippen LogP contribution in [0.3, 0.4) is 0 Å². The van der Waals surface area contributed by atoms with Gasteiger partial charge in [-0.25, -0.2) is 9.78 Å². The lowest BCUT2D eigenvalue weighted by Crippen LogP contribution is -1.98. The summed E-state index contributed by atoms with van der Waals surface area (Å²) in [6.07, 6.45) is 0. The van der Waals surface area contributed by atoms with Gasteiger partial charge >= 0.3 is 5.97 Å². The molecule has 4 nitrogen and oxygen atoms in total. The minimum absolute atomic E-state index is 0.179. The number of aromatic nitrogens is 1. The Morgan fingerprint density at radius 1 is 1.44 bits per heavy atom. The maximum atomic E-state index is 11.1. The summed E-state index contributed by atoms with van der Waals surface area (Å²) < 4.78 is 5.41. The van der Waals surface area contributed by atoms with Gasteiger partial charge in [-0.2, -0.15) is 0 Å². The van der Waals surface area contributed by atoms with Crippen LogP contribution in [0, 0.1) is 13.8 Å². The molecule has 0 radical (unpaired) electrons. The Morgan fingerprint density at radius 3 is 2.72 bits per heavy atom. The quantitative estimate of drug-likeness (QED) is 0.928. The molecular formula is C12H10ClNO3S. The lowest BCUT2D eigenvalue weighted by atomic mass is 10.2. The summed E-state index contributed by atoms with van der Waals surface area (Å²) in [7, 11) is 0. The van der Waals surface area contributed by atoms with Crippen LogP contribution in [0.25, 0.3) is 0 Å². The number of aromatic carboxylic acids is 1. The fraction of sp³-hybridized carbons (Fsp3) is 0.167. The maximum Gasteiger partial charge on any atom is 0.336 e. The third kappa shape index (κ3) is 2.68. The van der Waals surface area contributed by atoms with E-state index in [9.17, 15) is 4.79 Å². The highest BCUT2D eigenvalue weighted by atomic mass is 35.5. The number of oxazole rings is 1. The number of carboxylic acids is 1. The first-order chi connectivity index (χ1) is 8.47. The van der Waals surface area contributed by atoms with Gasteiger partial charge in [0.05, 0.1) is 11.3 Å². The molecule has 0 aliphatic carbocycles. The van der Waals surface area contributed by atoms with Gasteiger partial charge < -0.3 is 9.52 Å². The van der Waals surface area contributed by atoms with Crippen LogP contribution in [0.15, 0.2) is 32.7 Å². The Bertz CT molecular complexity index is 590. The first-order valence-electron chi connectivity index (χ1n) is 5.12. The molecule has 6 heteroatoms. The molecule has 0 bridgehead atoms. The van der Waals surface area contributed by atoms with Crippen LogP contribution < -0.4 is 0 Å². The highest BCUT2D eigenvalue weighted by Gasteiger charge is 2.15. The van der Waals surface area contributed by atoms with Crippen molar-refractivity contribution in [2.75, 3.05) is 0 Å². The summed E-state index contributed by atoms with van der Waals surface area (Å²) in [6, 6.07) is 4.60. The average molecular weight is 284 g/mol. The zero-order valence-corrected chi connectivity index (χ0v) is 11.3. The van der Waals surface area contributed by atoms with Gasteiger partial charge in [0.25, 0.3) is 5.22 Å². The van der Waals surface area contributed by atoms with Crippen molar-refractivity contribution in [1.29, 1.82) is 0 Å². The summed E-state index contributed by atoms with van der Waals surface area (Å²) in [6.45, 7) is 3.64. The molecule has 0 aliphatic heterocycles. The molecule has 0 amide bonds. The SMILES string of the molecule is Cc1nc(Sc2cc(Cl)ccc2C(=O)O)oc1C. The van der Waals surface area contributed by atoms with Crippen molar-refractivity contribution in [3.63, 3.8) is 0 Å². The summed E-state index contributed by atoms with van der Waals surface area (Å²) in [5, 5.41) is 9.97. The number of rotatable bonds is 3. The second kappa shape index (κ2) is 5.04. The van der Waals surface area contributed by atoms with Crippen LogP contribution in [0.1, 0.15) is 21.8 Å². The molecule has 0 aliphatic rings. The second-order valence-corrected chi connectivity index (χ2v) is 5.10. The van der Waals surface area contributed by atoms with Crippen LogP contribution >= 0.6 is 23.4 Å². The van der Waals surface area contributed by atoms with E-state index in [1.165, 1.54) is 6.07 Å². The van der Waals surface area contributed by atoms with E-state index in [1.54, 1.807) is 12.1 Å². The Hall–Kier alpha value is -1.46. The van der Waals surface area contributed by atoms with Crippen molar-refractivity contribution in [3.05, 3.63) is 40.2 Å². The number of benzene rings is 1. The van der Waals surface area contributed by atoms with Gasteiger partial charge in [0.2, 0.25) is 0 Å². The van der Waals surface area contributed by atoms with Crippen LogP contribution in [0.5, 0.6) is 0 Å². The van der Waals surface area contributed by atoms with E-state index in [0.29, 0.717) is 15.1 Å². The molecule has 94 valence electrons. The molecule has 0 fully saturated rings. The third-order valence-corrected chi connectivity index (χ3v) is 3.52. The van der Waals surface area contributed by atoms with E-state index >= 15 is 0 Å². The van der Waals surface area contributed by atoms with Crippen LogP contribution in [0.4, 0.5) is 0 Å². The average Bonchev–Trinajstić information content (AvgIpc) is 2.57. The van der Waals surface area contributed by atoms with Gasteiger partial charge in [-0.3, -0.25) is 0 Å². The van der Waals surface area contributed by atoms with E-state index < -0.39 is 5.97 Å². The topological polar surface area (TPSA) is 63.3 Å². The summed E-state index contributed by atoms with van der Waals surface area (Å²) in [5.74, 6) is -0.287. The lowest BCUT2D eigenvalue weighted by Gasteiger charge is -2.03. The fourth-order valence-electron chi connectivity index (χ4n) is 1.34. The van der Waals surface area contributed by atoms with Crippen molar-refractivity contribution in [3.8, 4) is 0 Å². The first-order valence-corrected chi connectivity index (χ1v) is 6.31. The molecule has 2 aromatic rings. The van der Waals surface area contributed by atoms with Crippen LogP contribution in [-0.4, -0.2) is 16.1 Å². The van der Waals surface area contributed by atoms with E-state index in [4.69, 9.17) is 21.1 Å². The van der Waals surface area contributed by atoms with Gasteiger partial charge in [0.15, 0.2) is 0 Å². The zero-order chi connectivity index (χ0) is 13.3. The molecule has 1 aromatic heterocycles. The highest BCUT2D eigenvalue weighted by Crippen LogP contribution is 2.32. The monoisotopic (exact) mass is 283 g/mol. The van der Waals surface area contributed by atoms with Crippen molar-refractivity contribution in [1.82, 2.24) is 4.98 Å². The van der Waals surface area contributed by atoms with Crippen molar-refractivity contribution >= 4 is 29.3 Å². The standard InChI is InChI=1S/C12H10ClNO3S/c1-6-7(2)17-12(14-6)18-10-5-8(13)3-4-9(10)11(15)16/h3-5H,1-2H3,(H,15,16). The minimum atomic E-state index is -1.01. The number of carbonyl (C=O) groups is 1. The number of carboxylic acid groups (broad SMARTS) is 1. The molecular weight excluding hydrogens is 274 g/mol. The van der Waals surface area contributed by atoms with Crippen molar-refractivity contribution in [2.24, 2.45) is 0 Å². The first kappa shape index (κ1) is 13.0. The summed E-state index contributed by atoms with van der Waals surface area (Å²) in [5.41, 5.74) is 0.967. The molecule has 0 spiro atoms. The fourth-order valence-corrected chi connectivity index (χ4v) is 2.56. The van der Waals surface area contributed by atoms with Gasteiger partial charge in [0, 0.05) is 9.92 Å². The van der Waals surface area contributed by atoms with Gasteiger partial charge in [-0.1, -0.05) is 11.6 Å². The number of hydrogen-bond acceptors (Lipinski definition) is 4. The predicted octanol–water partition coefficient (Wildman–Crippen LogP) is 3.79. The van der Waals surface area contributed by atoms with E-state index in [2.05, 4.69) is 4.98 Å². The van der Waals surface area contributed by atoms with Gasteiger partial charge in [-0.05, 0) is 43.8 Å². The number of halogens is 1. The molecule has 1 aromatic carbocycles. The lowest BCUT2D eigenvalue weighted by molar-refractivity contribution is 0.0693. The van der Waals surface area contributed by atoms with Crippen LogP contribution in [-0.2, 0) is 0 Å². The molecule has 18 heavy (non-hydrogen) atoms. The van der Waals surface area contributed by atoms with Crippen LogP contribution in [0.2, 0.25) is 5.02 Å². The smallest absolute Gasteiger partial charge is 0.336 e. The number of nitrogens with zero attached hydrogens (tertiary/aromatic N) is 1. The maximum absolute atomic E-state index is 11.1. The second-order valence-electron chi connectivity index (χ2n) is 3.67. The van der Waals surface area contributed by atoms with Gasteiger partial charge in [0.1, 0.15) is 5.76 Å². The molecule has 0 saturated heterocycles. The molecule has 0 unspecified atom stereocenters. The predicted molar refractivity (Wildman–Crippen MR) is 68.5 cm³/mol. The van der Waals surface area contributed by atoms with E-state index in [1.807, 2.05) is 13.8 Å². The number of hydrogen-bond donors (Lipinski definition) is 1. The Labute approximate surface area is 113 Å². The summed E-state index contributed by atoms with van der Waals surface area (Å²) >= 11 is 7.02. The highest BCUT2D eigenvalue weighted by molar-refractivity contribution is 7.99. The zero-order valence-electron chi connectivity index (χ0n) is 9.73. The Morgan fingerprint density at radius 2 is 2.17 bits per heavy atom. The molecule has 0 atom stereocenters. The third-order valence-electron chi connectivity index (χ3n) is 2.38. The molecule has 2 rings (SSSR count). The molecule has 0 saturated carbocycles. The Kier molecular flexibility index (Phi) is 3.63. The van der Waals surface area contributed by atoms with Crippen molar-refractivity contribution in [2.45, 2.75) is 24.0 Å². The van der Waals surface area contributed by atoms with Crippen molar-refractivity contribution < 1.29 is 14.3 Å². The van der Waals surface area contributed by atoms with Gasteiger partial charge in [-0.15, -0.1) is 0 Å². The normalized spacial score (nSPS) is 10.6. The minimum Gasteiger partial charge on any atom is -0.478 e. The molecule has 1 heterocycles. The van der Waals surface area contributed by atoms with E-state index in [-0.39, 0.29) is 5.56 Å². The summed E-state index contributed by atoms with van der Waals surface area (Å²) in [4.78, 5) is 15.8. The number of aryl methyl sites for hydroxylation is 2.